The molecule has 1 aliphatic rings. The number of benzene rings is 1. The van der Waals surface area contributed by atoms with Crippen LogP contribution in [0.3, 0.4) is 0 Å². The van der Waals surface area contributed by atoms with E-state index in [9.17, 15) is 0 Å². The Morgan fingerprint density at radius 3 is 2.50 bits per heavy atom. The first-order chi connectivity index (χ1) is 9.83. The van der Waals surface area contributed by atoms with Gasteiger partial charge in [-0.1, -0.05) is 25.8 Å². The van der Waals surface area contributed by atoms with Crippen molar-refractivity contribution in [3.8, 4) is 11.5 Å². The van der Waals surface area contributed by atoms with Crippen molar-refractivity contribution in [1.82, 2.24) is 4.90 Å². The van der Waals surface area contributed by atoms with Gasteiger partial charge in [-0.25, -0.2) is 0 Å². The number of hydrogen-bond acceptors (Lipinski definition) is 3. The van der Waals surface area contributed by atoms with E-state index in [1.807, 2.05) is 12.1 Å². The molecule has 0 bridgehead atoms. The first-order valence-corrected chi connectivity index (χ1v) is 7.85. The summed E-state index contributed by atoms with van der Waals surface area (Å²) in [5.74, 6) is 1.84. The summed E-state index contributed by atoms with van der Waals surface area (Å²) in [6.07, 6.45) is 6.42. The highest BCUT2D eigenvalue weighted by molar-refractivity contribution is 5.40. The summed E-state index contributed by atoms with van der Waals surface area (Å²) in [7, 11) is 1.70. The monoisotopic (exact) mass is 277 g/mol. The van der Waals surface area contributed by atoms with Crippen LogP contribution in [0.2, 0.25) is 0 Å². The summed E-state index contributed by atoms with van der Waals surface area (Å²) in [4.78, 5) is 2.53. The molecule has 0 aliphatic carbocycles. The lowest BCUT2D eigenvalue weighted by Gasteiger charge is -2.20. The molecule has 0 aromatic heterocycles. The highest BCUT2D eigenvalue weighted by atomic mass is 16.5. The van der Waals surface area contributed by atoms with Crippen molar-refractivity contribution >= 4 is 0 Å². The van der Waals surface area contributed by atoms with Crippen molar-refractivity contribution in [2.24, 2.45) is 0 Å². The van der Waals surface area contributed by atoms with Crippen molar-refractivity contribution in [1.29, 1.82) is 0 Å². The number of likely N-dealkylation sites (tertiary alicyclic amines) is 1. The fraction of sp³-hybridized carbons (Fsp3) is 0.647. The van der Waals surface area contributed by atoms with E-state index >= 15 is 0 Å². The van der Waals surface area contributed by atoms with Gasteiger partial charge in [-0.15, -0.1) is 0 Å². The standard InChI is InChI=1S/C17H27NO2/c1-3-15-8-9-16(19-2)14-17(15)20-13-12-18-10-6-4-5-7-11-18/h8-9,14H,3-7,10-13H2,1-2H3. The van der Waals surface area contributed by atoms with Gasteiger partial charge < -0.3 is 9.47 Å². The fourth-order valence-corrected chi connectivity index (χ4v) is 2.73. The van der Waals surface area contributed by atoms with Gasteiger partial charge in [0.1, 0.15) is 18.1 Å². The van der Waals surface area contributed by atoms with Crippen LogP contribution in [0.25, 0.3) is 0 Å². The lowest BCUT2D eigenvalue weighted by Crippen LogP contribution is -2.29. The number of aryl methyl sites for hydroxylation is 1. The Labute approximate surface area is 122 Å². The first kappa shape index (κ1) is 15.2. The molecule has 0 radical (unpaired) electrons. The lowest BCUT2D eigenvalue weighted by molar-refractivity contribution is 0.212. The smallest absolute Gasteiger partial charge is 0.126 e. The van der Waals surface area contributed by atoms with Gasteiger partial charge in [0.15, 0.2) is 0 Å². The summed E-state index contributed by atoms with van der Waals surface area (Å²) < 4.78 is 11.3. The van der Waals surface area contributed by atoms with Crippen molar-refractivity contribution in [2.45, 2.75) is 39.0 Å². The van der Waals surface area contributed by atoms with E-state index in [0.717, 1.165) is 31.1 Å². The second kappa shape index (κ2) is 8.15. The van der Waals surface area contributed by atoms with Gasteiger partial charge in [0.2, 0.25) is 0 Å². The van der Waals surface area contributed by atoms with Gasteiger partial charge in [0.05, 0.1) is 7.11 Å². The average Bonchev–Trinajstić information content (AvgIpc) is 2.76. The van der Waals surface area contributed by atoms with Crippen LogP contribution < -0.4 is 9.47 Å². The van der Waals surface area contributed by atoms with Gasteiger partial charge in [0.25, 0.3) is 0 Å². The maximum atomic E-state index is 5.99. The SMILES string of the molecule is CCc1ccc(OC)cc1OCCN1CCCCCC1. The zero-order chi connectivity index (χ0) is 14.2. The third kappa shape index (κ3) is 4.41. The van der Waals surface area contributed by atoms with Crippen molar-refractivity contribution in [3.05, 3.63) is 23.8 Å². The third-order valence-corrected chi connectivity index (χ3v) is 4.02. The number of methoxy groups -OCH3 is 1. The molecule has 0 unspecified atom stereocenters. The molecule has 1 aliphatic heterocycles. The molecular weight excluding hydrogens is 250 g/mol. The van der Waals surface area contributed by atoms with Crippen LogP contribution in [-0.2, 0) is 6.42 Å². The number of nitrogens with zero attached hydrogens (tertiary/aromatic N) is 1. The van der Waals surface area contributed by atoms with Crippen LogP contribution in [0.1, 0.15) is 38.2 Å². The molecule has 1 aromatic carbocycles. The van der Waals surface area contributed by atoms with Crippen LogP contribution in [0, 0.1) is 0 Å². The van der Waals surface area contributed by atoms with Gasteiger partial charge in [0, 0.05) is 12.6 Å². The Morgan fingerprint density at radius 2 is 1.85 bits per heavy atom. The van der Waals surface area contributed by atoms with E-state index in [1.165, 1.54) is 44.3 Å². The maximum Gasteiger partial charge on any atom is 0.126 e. The second-order valence-electron chi connectivity index (χ2n) is 5.43. The van der Waals surface area contributed by atoms with Crippen LogP contribution >= 0.6 is 0 Å². The Bertz CT molecular complexity index is 398. The molecular formula is C17H27NO2. The summed E-state index contributed by atoms with van der Waals surface area (Å²) in [6, 6.07) is 6.10. The molecule has 3 heteroatoms. The van der Waals surface area contributed by atoms with Crippen LogP contribution in [0.5, 0.6) is 11.5 Å². The highest BCUT2D eigenvalue weighted by Crippen LogP contribution is 2.25. The summed E-state index contributed by atoms with van der Waals surface area (Å²) in [5, 5.41) is 0. The van der Waals surface area contributed by atoms with Crippen molar-refractivity contribution in [3.63, 3.8) is 0 Å². The van der Waals surface area contributed by atoms with Crippen molar-refractivity contribution in [2.75, 3.05) is 33.4 Å². The molecule has 0 atom stereocenters. The number of ether oxygens (including phenoxy) is 2. The molecule has 112 valence electrons. The number of rotatable bonds is 6. The third-order valence-electron chi connectivity index (χ3n) is 4.02. The molecule has 0 spiro atoms. The second-order valence-corrected chi connectivity index (χ2v) is 5.43. The summed E-state index contributed by atoms with van der Waals surface area (Å²) >= 11 is 0. The van der Waals surface area contributed by atoms with E-state index in [-0.39, 0.29) is 0 Å². The molecule has 2 rings (SSSR count). The predicted molar refractivity (Wildman–Crippen MR) is 82.8 cm³/mol. The largest absolute Gasteiger partial charge is 0.497 e. The van der Waals surface area contributed by atoms with Gasteiger partial charge in [-0.2, -0.15) is 0 Å². The minimum Gasteiger partial charge on any atom is -0.497 e. The molecule has 1 aromatic rings. The van der Waals surface area contributed by atoms with Gasteiger partial charge in [-0.05, 0) is 44.0 Å². The molecule has 20 heavy (non-hydrogen) atoms. The van der Waals surface area contributed by atoms with E-state index in [2.05, 4.69) is 17.9 Å². The zero-order valence-corrected chi connectivity index (χ0v) is 12.9. The molecule has 0 saturated carbocycles. The minimum atomic E-state index is 0.764. The van der Waals surface area contributed by atoms with Crippen LogP contribution in [0.4, 0.5) is 0 Å². The zero-order valence-electron chi connectivity index (χ0n) is 12.9. The van der Waals surface area contributed by atoms with Crippen molar-refractivity contribution < 1.29 is 9.47 Å². The molecule has 3 nitrogen and oxygen atoms in total. The van der Waals surface area contributed by atoms with E-state index in [4.69, 9.17) is 9.47 Å². The molecule has 1 saturated heterocycles. The first-order valence-electron chi connectivity index (χ1n) is 7.85. The van der Waals surface area contributed by atoms with Gasteiger partial charge in [-0.3, -0.25) is 4.90 Å². The lowest BCUT2D eigenvalue weighted by atomic mass is 10.1. The van der Waals surface area contributed by atoms with Crippen LogP contribution in [-0.4, -0.2) is 38.3 Å². The maximum absolute atomic E-state index is 5.99. The topological polar surface area (TPSA) is 21.7 Å². The molecule has 0 N–H and O–H groups in total. The quantitative estimate of drug-likeness (QED) is 0.794. The van der Waals surface area contributed by atoms with E-state index < -0.39 is 0 Å². The summed E-state index contributed by atoms with van der Waals surface area (Å²) in [6.45, 7) is 6.40. The average molecular weight is 277 g/mol. The Kier molecular flexibility index (Phi) is 6.19. The highest BCUT2D eigenvalue weighted by Gasteiger charge is 2.09. The predicted octanol–water partition coefficient (Wildman–Crippen LogP) is 3.51. The van der Waals surface area contributed by atoms with E-state index in [0.29, 0.717) is 0 Å². The van der Waals surface area contributed by atoms with E-state index in [1.54, 1.807) is 7.11 Å². The number of hydrogen-bond donors (Lipinski definition) is 0. The Hall–Kier alpha value is -1.22. The minimum absolute atomic E-state index is 0.764. The Balaban J connectivity index is 1.86. The van der Waals surface area contributed by atoms with Gasteiger partial charge >= 0.3 is 0 Å². The molecule has 1 fully saturated rings. The normalized spacial score (nSPS) is 16.7. The van der Waals surface area contributed by atoms with Crippen LogP contribution in [0.15, 0.2) is 18.2 Å². The Morgan fingerprint density at radius 1 is 1.10 bits per heavy atom. The fourth-order valence-electron chi connectivity index (χ4n) is 2.73. The summed E-state index contributed by atoms with van der Waals surface area (Å²) in [5.41, 5.74) is 1.25. The molecule has 1 heterocycles. The molecule has 0 amide bonds.